The molecule has 2 nitrogen and oxygen atoms in total. The lowest BCUT2D eigenvalue weighted by molar-refractivity contribution is 0.706. The van der Waals surface area contributed by atoms with Crippen LogP contribution in [0.2, 0.25) is 5.15 Å². The summed E-state index contributed by atoms with van der Waals surface area (Å²) in [6, 6.07) is 0. The zero-order chi connectivity index (χ0) is 9.97. The van der Waals surface area contributed by atoms with Crippen LogP contribution in [0.25, 0.3) is 0 Å². The van der Waals surface area contributed by atoms with Crippen LogP contribution in [0.4, 0.5) is 5.13 Å². The molecule has 4 heteroatoms. The van der Waals surface area contributed by atoms with Crippen LogP contribution in [0.5, 0.6) is 0 Å². The molecule has 0 atom stereocenters. The topological polar surface area (TPSA) is 16.1 Å². The summed E-state index contributed by atoms with van der Waals surface area (Å²) >= 11 is 7.48. The number of aromatic nitrogens is 1. The molecule has 0 aromatic carbocycles. The predicted molar refractivity (Wildman–Crippen MR) is 62.4 cm³/mol. The Morgan fingerprint density at radius 2 is 2.43 bits per heavy atom. The molecule has 2 rings (SSSR count). The van der Waals surface area contributed by atoms with Gasteiger partial charge in [0.15, 0.2) is 5.13 Å². The van der Waals surface area contributed by atoms with Gasteiger partial charge in [-0.25, -0.2) is 4.98 Å². The van der Waals surface area contributed by atoms with Gasteiger partial charge in [0.2, 0.25) is 0 Å². The number of halogens is 1. The summed E-state index contributed by atoms with van der Waals surface area (Å²) in [7, 11) is 0. The van der Waals surface area contributed by atoms with Crippen molar-refractivity contribution in [3.8, 4) is 0 Å². The molecule has 0 unspecified atom stereocenters. The summed E-state index contributed by atoms with van der Waals surface area (Å²) in [4.78, 5) is 6.69. The van der Waals surface area contributed by atoms with Gasteiger partial charge in [0.1, 0.15) is 5.15 Å². The maximum absolute atomic E-state index is 5.83. The number of hydrogen-bond acceptors (Lipinski definition) is 3. The molecule has 1 aliphatic carbocycles. The molecule has 1 aromatic rings. The lowest BCUT2D eigenvalue weighted by Crippen LogP contribution is -2.26. The van der Waals surface area contributed by atoms with Crippen molar-refractivity contribution in [2.45, 2.75) is 26.2 Å². The molecule has 0 bridgehead atoms. The second-order valence-corrected chi connectivity index (χ2v) is 5.07. The van der Waals surface area contributed by atoms with Gasteiger partial charge < -0.3 is 4.90 Å². The van der Waals surface area contributed by atoms with Gasteiger partial charge in [-0.1, -0.05) is 18.5 Å². The lowest BCUT2D eigenvalue weighted by Gasteiger charge is -2.20. The van der Waals surface area contributed by atoms with Crippen molar-refractivity contribution in [2.75, 3.05) is 18.0 Å². The van der Waals surface area contributed by atoms with E-state index in [1.165, 1.54) is 19.3 Å². The minimum atomic E-state index is 0.627. The van der Waals surface area contributed by atoms with E-state index in [0.29, 0.717) is 5.15 Å². The Bertz CT molecular complexity index is 296. The molecule has 0 aliphatic heterocycles. The molecule has 0 amide bonds. The highest BCUT2D eigenvalue weighted by molar-refractivity contribution is 7.14. The van der Waals surface area contributed by atoms with Crippen LogP contribution in [0, 0.1) is 5.92 Å². The van der Waals surface area contributed by atoms with Crippen molar-refractivity contribution < 1.29 is 0 Å². The molecule has 78 valence electrons. The van der Waals surface area contributed by atoms with Gasteiger partial charge in [-0.05, 0) is 25.2 Å². The first kappa shape index (κ1) is 10.2. The Morgan fingerprint density at radius 1 is 1.64 bits per heavy atom. The number of rotatable bonds is 5. The molecule has 0 saturated heterocycles. The van der Waals surface area contributed by atoms with Crippen LogP contribution in [0.15, 0.2) is 5.38 Å². The summed E-state index contributed by atoms with van der Waals surface area (Å²) in [6.45, 7) is 4.47. The number of anilines is 1. The molecule has 14 heavy (non-hydrogen) atoms. The van der Waals surface area contributed by atoms with Crippen molar-refractivity contribution in [1.29, 1.82) is 0 Å². The fourth-order valence-corrected chi connectivity index (χ4v) is 2.52. The van der Waals surface area contributed by atoms with Gasteiger partial charge in [0, 0.05) is 18.5 Å². The predicted octanol–water partition coefficient (Wildman–Crippen LogP) is 3.42. The minimum absolute atomic E-state index is 0.627. The molecule has 1 aromatic heterocycles. The Labute approximate surface area is 93.9 Å². The van der Waals surface area contributed by atoms with Crippen LogP contribution in [-0.2, 0) is 0 Å². The summed E-state index contributed by atoms with van der Waals surface area (Å²) in [5, 5.41) is 3.62. The van der Waals surface area contributed by atoms with E-state index >= 15 is 0 Å². The maximum atomic E-state index is 5.83. The molecular weight excluding hydrogens is 216 g/mol. The molecule has 0 radical (unpaired) electrons. The Hall–Kier alpha value is -0.280. The van der Waals surface area contributed by atoms with Gasteiger partial charge in [-0.3, -0.25) is 0 Å². The quantitative estimate of drug-likeness (QED) is 0.771. The first-order valence-electron chi connectivity index (χ1n) is 5.15. The third-order valence-electron chi connectivity index (χ3n) is 2.40. The largest absolute Gasteiger partial charge is 0.348 e. The Balaban J connectivity index is 2.00. The summed E-state index contributed by atoms with van der Waals surface area (Å²) in [6.07, 6.45) is 3.95. The highest BCUT2D eigenvalue weighted by Crippen LogP contribution is 2.32. The van der Waals surface area contributed by atoms with E-state index < -0.39 is 0 Å². The summed E-state index contributed by atoms with van der Waals surface area (Å²) in [5.41, 5.74) is 0. The van der Waals surface area contributed by atoms with Gasteiger partial charge in [0.25, 0.3) is 0 Å². The van der Waals surface area contributed by atoms with E-state index in [9.17, 15) is 0 Å². The van der Waals surface area contributed by atoms with Crippen molar-refractivity contribution in [3.63, 3.8) is 0 Å². The molecule has 1 saturated carbocycles. The summed E-state index contributed by atoms with van der Waals surface area (Å²) in [5.74, 6) is 0.907. The van der Waals surface area contributed by atoms with Crippen molar-refractivity contribution in [1.82, 2.24) is 4.98 Å². The first-order chi connectivity index (χ1) is 6.79. The average Bonchev–Trinajstić information content (AvgIpc) is 2.87. The monoisotopic (exact) mass is 230 g/mol. The third kappa shape index (κ3) is 2.61. The molecule has 0 spiro atoms. The third-order valence-corrected chi connectivity index (χ3v) is 3.63. The van der Waals surface area contributed by atoms with E-state index in [2.05, 4.69) is 16.8 Å². The first-order valence-corrected chi connectivity index (χ1v) is 6.41. The van der Waals surface area contributed by atoms with Crippen molar-refractivity contribution in [3.05, 3.63) is 10.5 Å². The van der Waals surface area contributed by atoms with Gasteiger partial charge in [-0.15, -0.1) is 11.3 Å². The average molecular weight is 231 g/mol. The minimum Gasteiger partial charge on any atom is -0.348 e. The highest BCUT2D eigenvalue weighted by atomic mass is 35.5. The van der Waals surface area contributed by atoms with Gasteiger partial charge >= 0.3 is 0 Å². The van der Waals surface area contributed by atoms with E-state index in [0.717, 1.165) is 24.1 Å². The smallest absolute Gasteiger partial charge is 0.186 e. The molecule has 1 fully saturated rings. The fraction of sp³-hybridized carbons (Fsp3) is 0.700. The standard InChI is InChI=1S/C10H15ClN2S/c1-2-5-13(6-8-3-4-8)10-12-9(11)7-14-10/h7-8H,2-6H2,1H3. The van der Waals surface area contributed by atoms with Crippen molar-refractivity contribution >= 4 is 28.1 Å². The van der Waals surface area contributed by atoms with Crippen LogP contribution in [0.3, 0.4) is 0 Å². The van der Waals surface area contributed by atoms with E-state index in [1.54, 1.807) is 11.3 Å². The van der Waals surface area contributed by atoms with E-state index in [1.807, 2.05) is 5.38 Å². The number of thiazole rings is 1. The van der Waals surface area contributed by atoms with Gasteiger partial charge in [-0.2, -0.15) is 0 Å². The van der Waals surface area contributed by atoms with Crippen LogP contribution < -0.4 is 4.90 Å². The molecule has 1 heterocycles. The lowest BCUT2D eigenvalue weighted by atomic mass is 10.3. The zero-order valence-electron chi connectivity index (χ0n) is 8.37. The summed E-state index contributed by atoms with van der Waals surface area (Å²) < 4.78 is 0. The van der Waals surface area contributed by atoms with E-state index in [-0.39, 0.29) is 0 Å². The van der Waals surface area contributed by atoms with Crippen LogP contribution in [-0.4, -0.2) is 18.1 Å². The van der Waals surface area contributed by atoms with Crippen molar-refractivity contribution in [2.24, 2.45) is 5.92 Å². The maximum Gasteiger partial charge on any atom is 0.186 e. The van der Waals surface area contributed by atoms with Crippen LogP contribution in [0.1, 0.15) is 26.2 Å². The second kappa shape index (κ2) is 4.49. The molecular formula is C10H15ClN2S. The molecule has 0 N–H and O–H groups in total. The van der Waals surface area contributed by atoms with Crippen LogP contribution >= 0.6 is 22.9 Å². The number of nitrogens with zero attached hydrogens (tertiary/aromatic N) is 2. The second-order valence-electron chi connectivity index (χ2n) is 3.84. The molecule has 1 aliphatic rings. The normalized spacial score (nSPS) is 15.9. The Morgan fingerprint density at radius 3 is 2.93 bits per heavy atom. The van der Waals surface area contributed by atoms with E-state index in [4.69, 9.17) is 11.6 Å². The zero-order valence-corrected chi connectivity index (χ0v) is 9.94. The fourth-order valence-electron chi connectivity index (χ4n) is 1.54. The SMILES string of the molecule is CCCN(CC1CC1)c1nc(Cl)cs1. The highest BCUT2D eigenvalue weighted by Gasteiger charge is 2.25. The van der Waals surface area contributed by atoms with Gasteiger partial charge in [0.05, 0.1) is 0 Å². The Kier molecular flexibility index (Phi) is 3.29. The number of hydrogen-bond donors (Lipinski definition) is 0.